The van der Waals surface area contributed by atoms with Crippen LogP contribution in [-0.4, -0.2) is 42.3 Å². The summed E-state index contributed by atoms with van der Waals surface area (Å²) >= 11 is 0. The number of hydrogen-bond donors (Lipinski definition) is 0. The van der Waals surface area contributed by atoms with E-state index in [-0.39, 0.29) is 43.7 Å². The van der Waals surface area contributed by atoms with Gasteiger partial charge >= 0.3 is 24.4 Å². The van der Waals surface area contributed by atoms with Crippen LogP contribution >= 0.6 is 0 Å². The first kappa shape index (κ1) is 40.4. The van der Waals surface area contributed by atoms with Crippen molar-refractivity contribution >= 4 is 42.3 Å². The van der Waals surface area contributed by atoms with Gasteiger partial charge in [-0.25, -0.2) is 0 Å². The molecule has 0 fully saturated rings. The minimum absolute atomic E-state index is 0. The molecule has 6 nitrogen and oxygen atoms in total. The molecule has 7 heteroatoms. The molecule has 0 aromatic rings. The molecule has 0 aromatic carbocycles. The summed E-state index contributed by atoms with van der Waals surface area (Å²) in [5, 5.41) is 29.9. The molecule has 200 valence electrons. The maximum atomic E-state index is 9.98. The Hall–Kier alpha value is -0.772. The van der Waals surface area contributed by atoms with E-state index in [9.17, 15) is 29.7 Å². The van der Waals surface area contributed by atoms with Crippen LogP contribution in [0.5, 0.6) is 0 Å². The molecule has 0 saturated heterocycles. The number of carboxylic acids is 3. The van der Waals surface area contributed by atoms with Gasteiger partial charge in [-0.2, -0.15) is 0 Å². The molecular formula is C27H51O6Sb. The maximum absolute atomic E-state index is 9.98. The Balaban J connectivity index is -0.000000196. The fourth-order valence-electron chi connectivity index (χ4n) is 3.15. The van der Waals surface area contributed by atoms with Crippen LogP contribution in [0.2, 0.25) is 0 Å². The van der Waals surface area contributed by atoms with Crippen molar-refractivity contribution in [3.05, 3.63) is 0 Å². The van der Waals surface area contributed by atoms with Crippen LogP contribution in [0.1, 0.15) is 156 Å². The van der Waals surface area contributed by atoms with Crippen LogP contribution in [0.4, 0.5) is 0 Å². The number of carbonyl (C=O) groups excluding carboxylic acids is 3. The molecule has 0 aliphatic heterocycles. The van der Waals surface area contributed by atoms with Gasteiger partial charge in [0.2, 0.25) is 0 Å². The van der Waals surface area contributed by atoms with Crippen LogP contribution in [-0.2, 0) is 14.4 Å². The van der Waals surface area contributed by atoms with E-state index >= 15 is 0 Å². The number of hydrogen-bond acceptors (Lipinski definition) is 6. The predicted molar refractivity (Wildman–Crippen MR) is 135 cm³/mol. The first-order valence-electron chi connectivity index (χ1n) is 13.4. The van der Waals surface area contributed by atoms with Gasteiger partial charge in [0.1, 0.15) is 0 Å². The van der Waals surface area contributed by atoms with E-state index in [2.05, 4.69) is 20.8 Å². The Kier molecular flexibility index (Phi) is 43.7. The van der Waals surface area contributed by atoms with E-state index in [0.29, 0.717) is 0 Å². The fourth-order valence-corrected chi connectivity index (χ4v) is 3.15. The summed E-state index contributed by atoms with van der Waals surface area (Å²) in [6, 6.07) is 0. The second kappa shape index (κ2) is 36.8. The summed E-state index contributed by atoms with van der Waals surface area (Å²) in [4.78, 5) is 29.9. The van der Waals surface area contributed by atoms with E-state index in [1.54, 1.807) is 0 Å². The fraction of sp³-hybridized carbons (Fsp3) is 0.889. The zero-order valence-electron chi connectivity index (χ0n) is 22.2. The van der Waals surface area contributed by atoms with Gasteiger partial charge in [-0.3, -0.25) is 0 Å². The third-order valence-electron chi connectivity index (χ3n) is 5.20. The van der Waals surface area contributed by atoms with E-state index in [1.165, 1.54) is 77.0 Å². The Morgan fingerprint density at radius 1 is 0.382 bits per heavy atom. The van der Waals surface area contributed by atoms with Gasteiger partial charge in [-0.15, -0.1) is 0 Å². The van der Waals surface area contributed by atoms with E-state index in [1.807, 2.05) is 0 Å². The van der Waals surface area contributed by atoms with Crippen LogP contribution < -0.4 is 15.3 Å². The van der Waals surface area contributed by atoms with Gasteiger partial charge in [0.25, 0.3) is 0 Å². The van der Waals surface area contributed by atoms with E-state index < -0.39 is 17.9 Å². The Morgan fingerprint density at radius 3 is 0.735 bits per heavy atom. The van der Waals surface area contributed by atoms with Gasteiger partial charge in [0.15, 0.2) is 0 Å². The Bertz CT molecular complexity index is 368. The predicted octanol–water partition coefficient (Wildman–Crippen LogP) is 4.08. The van der Waals surface area contributed by atoms with Crippen LogP contribution in [0.3, 0.4) is 0 Å². The Labute approximate surface area is 227 Å². The van der Waals surface area contributed by atoms with Crippen molar-refractivity contribution in [1.82, 2.24) is 0 Å². The number of aliphatic carboxylic acids is 3. The normalized spacial score (nSPS) is 9.62. The quantitative estimate of drug-likeness (QED) is 0.146. The summed E-state index contributed by atoms with van der Waals surface area (Å²) in [7, 11) is 0. The molecule has 0 spiro atoms. The van der Waals surface area contributed by atoms with Gasteiger partial charge in [-0.05, 0) is 38.5 Å². The van der Waals surface area contributed by atoms with Gasteiger partial charge < -0.3 is 29.7 Å². The molecule has 0 bridgehead atoms. The zero-order valence-corrected chi connectivity index (χ0v) is 24.8. The molecule has 0 heterocycles. The molecule has 0 aromatic heterocycles. The molecular weight excluding hydrogens is 542 g/mol. The topological polar surface area (TPSA) is 120 Å². The smallest absolute Gasteiger partial charge is 0.550 e. The zero-order chi connectivity index (χ0) is 25.6. The molecule has 0 amide bonds. The molecule has 0 atom stereocenters. The standard InChI is InChI=1S/3C9H18O2.Sb/c3*1-2-3-4-5-6-7-8-9(10)11;/h3*2-8H2,1H3,(H,10,11);/q;;;+3/p-3. The van der Waals surface area contributed by atoms with Crippen LogP contribution in [0, 0.1) is 0 Å². The Morgan fingerprint density at radius 2 is 0.559 bits per heavy atom. The summed E-state index contributed by atoms with van der Waals surface area (Å²) in [6.07, 6.45) is 20.9. The first-order chi connectivity index (χ1) is 15.8. The van der Waals surface area contributed by atoms with Crippen molar-refractivity contribution in [2.24, 2.45) is 0 Å². The van der Waals surface area contributed by atoms with Crippen molar-refractivity contribution in [1.29, 1.82) is 0 Å². The molecule has 2 radical (unpaired) electrons. The van der Waals surface area contributed by atoms with Crippen LogP contribution in [0.15, 0.2) is 0 Å². The van der Waals surface area contributed by atoms with Gasteiger partial charge in [0.05, 0.1) is 0 Å². The second-order valence-electron chi connectivity index (χ2n) is 8.67. The summed E-state index contributed by atoms with van der Waals surface area (Å²) in [5.74, 6) is -2.75. The number of unbranched alkanes of at least 4 members (excludes halogenated alkanes) is 15. The third kappa shape index (κ3) is 52.9. The van der Waals surface area contributed by atoms with Crippen molar-refractivity contribution < 1.29 is 29.7 Å². The molecule has 34 heavy (non-hydrogen) atoms. The van der Waals surface area contributed by atoms with Crippen LogP contribution in [0.25, 0.3) is 0 Å². The molecule has 0 unspecified atom stereocenters. The molecule has 0 rings (SSSR count). The third-order valence-corrected chi connectivity index (χ3v) is 5.20. The average Bonchev–Trinajstić information content (AvgIpc) is 2.76. The first-order valence-corrected chi connectivity index (χ1v) is 13.4. The largest absolute Gasteiger partial charge is 3.00 e. The minimum atomic E-state index is -0.916. The molecule has 0 aliphatic rings. The summed E-state index contributed by atoms with van der Waals surface area (Å²) < 4.78 is 0. The van der Waals surface area contributed by atoms with E-state index in [0.717, 1.165) is 38.5 Å². The number of carbonyl (C=O) groups is 3. The minimum Gasteiger partial charge on any atom is -0.550 e. The van der Waals surface area contributed by atoms with Gasteiger partial charge in [0, 0.05) is 17.9 Å². The van der Waals surface area contributed by atoms with Crippen molar-refractivity contribution in [3.8, 4) is 0 Å². The van der Waals surface area contributed by atoms with Gasteiger partial charge in [-0.1, -0.05) is 117 Å². The monoisotopic (exact) mass is 592 g/mol. The molecule has 0 aliphatic carbocycles. The molecule has 0 saturated carbocycles. The van der Waals surface area contributed by atoms with Crippen molar-refractivity contribution in [2.75, 3.05) is 0 Å². The summed E-state index contributed by atoms with van der Waals surface area (Å²) in [6.45, 7) is 6.50. The van der Waals surface area contributed by atoms with Crippen molar-refractivity contribution in [2.45, 2.75) is 156 Å². The maximum Gasteiger partial charge on any atom is 3.00 e. The SMILES string of the molecule is CCCCCCCCC(=O)[O-].CCCCCCCCC(=O)[O-].CCCCCCCCC(=O)[O-].[Sb+3]. The molecule has 0 N–H and O–H groups in total. The average molecular weight is 593 g/mol. The van der Waals surface area contributed by atoms with E-state index in [4.69, 9.17) is 0 Å². The number of rotatable bonds is 21. The second-order valence-corrected chi connectivity index (χ2v) is 8.67. The number of carboxylic acid groups (broad SMARTS) is 3. The van der Waals surface area contributed by atoms with Crippen molar-refractivity contribution in [3.63, 3.8) is 0 Å². The summed E-state index contributed by atoms with van der Waals surface area (Å²) in [5.41, 5.74) is 0.